The third kappa shape index (κ3) is 15.3. The standard InChI is InChI=1S/2C26H24ClNO5S.2Na/c2*1-34-19-8-2-16(3-9-19)10-12-28-25(29)17-4-6-18(7-5-17)33-24-15-23-21(14-22(24)27)20(26(30)31)11-13-32-23;;/h2*2-9,14-15,20H,10-13H2,1H3,(H,28,29)(H,30,31);;/q;;2*+1/p-2. The molecule has 2 atom stereocenters. The Hall–Kier alpha value is -4.32. The van der Waals surface area contributed by atoms with Gasteiger partial charge in [0.25, 0.3) is 11.8 Å². The first-order valence-electron chi connectivity index (χ1n) is 21.6. The Balaban J connectivity index is 0.000000254. The number of thioether (sulfide) groups is 2. The van der Waals surface area contributed by atoms with Gasteiger partial charge < -0.3 is 49.4 Å². The van der Waals surface area contributed by atoms with Crippen molar-refractivity contribution in [3.63, 3.8) is 0 Å². The predicted molar refractivity (Wildman–Crippen MR) is 260 cm³/mol. The van der Waals surface area contributed by atoms with E-state index in [1.165, 1.54) is 20.9 Å². The summed E-state index contributed by atoms with van der Waals surface area (Å²) in [7, 11) is 0. The third-order valence-electron chi connectivity index (χ3n) is 11.2. The second-order valence-corrected chi connectivity index (χ2v) is 18.2. The van der Waals surface area contributed by atoms with Gasteiger partial charge in [0, 0.05) is 81.0 Å². The Labute approximate surface area is 469 Å². The summed E-state index contributed by atoms with van der Waals surface area (Å²) in [4.78, 5) is 50.1. The van der Waals surface area contributed by atoms with E-state index in [0.29, 0.717) is 82.7 Å². The summed E-state index contributed by atoms with van der Waals surface area (Å²) in [5.74, 6) is -1.69. The van der Waals surface area contributed by atoms with Crippen LogP contribution in [0.5, 0.6) is 34.5 Å². The smallest absolute Gasteiger partial charge is 0.549 e. The van der Waals surface area contributed by atoms with Gasteiger partial charge in [0.2, 0.25) is 0 Å². The van der Waals surface area contributed by atoms with E-state index in [-0.39, 0.29) is 94.2 Å². The number of carbonyl (C=O) groups excluding carboxylic acids is 4. The van der Waals surface area contributed by atoms with E-state index in [4.69, 9.17) is 42.1 Å². The molecule has 0 fully saturated rings. The minimum absolute atomic E-state index is 0. The van der Waals surface area contributed by atoms with Crippen LogP contribution in [0.15, 0.2) is 131 Å². The summed E-state index contributed by atoms with van der Waals surface area (Å²) in [6.45, 7) is 1.62. The molecule has 0 saturated carbocycles. The molecule has 2 aliphatic heterocycles. The summed E-state index contributed by atoms with van der Waals surface area (Å²) >= 11 is 16.0. The fourth-order valence-corrected chi connectivity index (χ4v) is 8.70. The van der Waals surface area contributed by atoms with E-state index >= 15 is 0 Å². The summed E-state index contributed by atoms with van der Waals surface area (Å²) in [5.41, 5.74) is 4.33. The number of fused-ring (bicyclic) bond motifs is 2. The van der Waals surface area contributed by atoms with E-state index in [1.807, 2.05) is 12.5 Å². The molecular formula is C52H46Cl2N2Na2O10S2. The number of benzene rings is 6. The largest absolute Gasteiger partial charge is 1.00 e. The number of amides is 2. The van der Waals surface area contributed by atoms with Gasteiger partial charge in [-0.15, -0.1) is 23.5 Å². The Morgan fingerprint density at radius 3 is 1.26 bits per heavy atom. The van der Waals surface area contributed by atoms with Crippen molar-refractivity contribution in [2.24, 2.45) is 0 Å². The maximum atomic E-state index is 12.5. The van der Waals surface area contributed by atoms with Gasteiger partial charge in [-0.25, -0.2) is 0 Å². The van der Waals surface area contributed by atoms with Crippen molar-refractivity contribution in [2.75, 3.05) is 38.8 Å². The van der Waals surface area contributed by atoms with Gasteiger partial charge >= 0.3 is 59.1 Å². The van der Waals surface area contributed by atoms with Gasteiger partial charge in [0.05, 0.1) is 23.3 Å². The molecule has 0 spiro atoms. The number of ether oxygens (including phenoxy) is 4. The number of carboxylic acid groups (broad SMARTS) is 2. The molecule has 6 aromatic carbocycles. The van der Waals surface area contributed by atoms with Crippen LogP contribution in [-0.2, 0) is 22.4 Å². The molecule has 0 bridgehead atoms. The van der Waals surface area contributed by atoms with Crippen LogP contribution in [0, 0.1) is 0 Å². The Bertz CT molecular complexity index is 2560. The van der Waals surface area contributed by atoms with Crippen LogP contribution >= 0.6 is 46.7 Å². The number of carbonyl (C=O) groups is 4. The van der Waals surface area contributed by atoms with Crippen molar-refractivity contribution in [1.82, 2.24) is 10.6 Å². The topological polar surface area (TPSA) is 175 Å². The molecule has 6 aromatic rings. The van der Waals surface area contributed by atoms with Crippen molar-refractivity contribution in [2.45, 2.75) is 47.3 Å². The summed E-state index contributed by atoms with van der Waals surface area (Å²) < 4.78 is 22.9. The number of rotatable bonds is 16. The van der Waals surface area contributed by atoms with Crippen molar-refractivity contribution >= 4 is 70.5 Å². The molecule has 0 saturated heterocycles. The van der Waals surface area contributed by atoms with Gasteiger partial charge in [-0.2, -0.15) is 0 Å². The zero-order valence-corrected chi connectivity index (χ0v) is 46.2. The number of aliphatic carboxylic acids is 2. The fraction of sp³-hybridized carbons (Fsp3) is 0.231. The molecule has 18 heteroatoms. The van der Waals surface area contributed by atoms with Crippen molar-refractivity contribution in [3.05, 3.63) is 165 Å². The molecular weight excluding hydrogens is 994 g/mol. The molecule has 2 unspecified atom stereocenters. The predicted octanol–water partition coefficient (Wildman–Crippen LogP) is 2.89. The second kappa shape index (κ2) is 27.5. The zero-order chi connectivity index (χ0) is 48.2. The molecule has 12 nitrogen and oxygen atoms in total. The molecule has 70 heavy (non-hydrogen) atoms. The molecule has 2 aliphatic rings. The minimum atomic E-state index is -1.16. The second-order valence-electron chi connectivity index (χ2n) is 15.6. The van der Waals surface area contributed by atoms with Gasteiger partial charge in [0.1, 0.15) is 34.5 Å². The summed E-state index contributed by atoms with van der Waals surface area (Å²) in [5, 5.41) is 29.1. The average Bonchev–Trinajstić information content (AvgIpc) is 3.35. The van der Waals surface area contributed by atoms with E-state index in [1.54, 1.807) is 96.3 Å². The van der Waals surface area contributed by atoms with Crippen LogP contribution in [-0.4, -0.2) is 62.6 Å². The van der Waals surface area contributed by atoms with E-state index in [9.17, 15) is 29.4 Å². The number of hydrogen-bond donors (Lipinski definition) is 2. The number of carboxylic acids is 2. The normalized spacial score (nSPS) is 14.2. The van der Waals surface area contributed by atoms with Crippen molar-refractivity contribution < 1.29 is 107 Å². The van der Waals surface area contributed by atoms with Crippen molar-refractivity contribution in [1.29, 1.82) is 0 Å². The van der Waals surface area contributed by atoms with Crippen LogP contribution in [0.25, 0.3) is 0 Å². The molecule has 352 valence electrons. The number of halogens is 2. The SMILES string of the molecule is CSc1ccc(CCNC(=O)c2ccc(Oc3cc4c(cc3Cl)C(C(=O)[O-])CCO4)cc2)cc1.CSc1ccc(CCNC(=O)c2ccc(Oc3cc4c(cc3Cl)C(C(=O)[O-])CCO4)cc2)cc1.[Na+].[Na+]. The Morgan fingerprint density at radius 1 is 0.571 bits per heavy atom. The molecule has 2 N–H and O–H groups in total. The Morgan fingerprint density at radius 2 is 0.929 bits per heavy atom. The van der Waals surface area contributed by atoms with Crippen LogP contribution < -0.4 is 98.9 Å². The molecule has 2 heterocycles. The molecule has 8 rings (SSSR count). The molecule has 2 amide bonds. The zero-order valence-electron chi connectivity index (χ0n) is 39.0. The van der Waals surface area contributed by atoms with Crippen LogP contribution in [0.2, 0.25) is 10.0 Å². The summed E-state index contributed by atoms with van der Waals surface area (Å²) in [6, 6.07) is 36.2. The maximum Gasteiger partial charge on any atom is 1.00 e. The Kier molecular flexibility index (Phi) is 22.2. The van der Waals surface area contributed by atoms with Gasteiger partial charge in [-0.1, -0.05) is 47.5 Å². The minimum Gasteiger partial charge on any atom is -0.549 e. The van der Waals surface area contributed by atoms with Crippen LogP contribution in [0.1, 0.15) is 67.6 Å². The van der Waals surface area contributed by atoms with Gasteiger partial charge in [0.15, 0.2) is 0 Å². The van der Waals surface area contributed by atoms with E-state index in [2.05, 4.69) is 59.2 Å². The van der Waals surface area contributed by atoms with Crippen LogP contribution in [0.3, 0.4) is 0 Å². The monoisotopic (exact) mass is 1040 g/mol. The first kappa shape index (κ1) is 56.6. The fourth-order valence-electron chi connectivity index (χ4n) is 7.46. The van der Waals surface area contributed by atoms with Gasteiger partial charge in [-0.3, -0.25) is 9.59 Å². The van der Waals surface area contributed by atoms with Gasteiger partial charge in [-0.05, 0) is 134 Å². The molecule has 0 radical (unpaired) electrons. The van der Waals surface area contributed by atoms with Crippen molar-refractivity contribution in [3.8, 4) is 34.5 Å². The summed E-state index contributed by atoms with van der Waals surface area (Å²) in [6.07, 6.45) is 6.24. The first-order valence-corrected chi connectivity index (χ1v) is 24.8. The molecule has 0 aliphatic carbocycles. The number of nitrogens with one attached hydrogen (secondary N) is 2. The van der Waals surface area contributed by atoms with E-state index in [0.717, 1.165) is 12.8 Å². The third-order valence-corrected chi connectivity index (χ3v) is 13.3. The quantitative estimate of drug-likeness (QED) is 0.107. The first-order chi connectivity index (χ1) is 32.9. The average molecular weight is 1040 g/mol. The van der Waals surface area contributed by atoms with E-state index < -0.39 is 23.8 Å². The molecule has 0 aromatic heterocycles. The number of hydrogen-bond acceptors (Lipinski definition) is 12. The van der Waals surface area contributed by atoms with Crippen LogP contribution in [0.4, 0.5) is 0 Å². The maximum absolute atomic E-state index is 12.5.